The first-order valence-electron chi connectivity index (χ1n) is 5.51. The lowest BCUT2D eigenvalue weighted by Gasteiger charge is -2.22. The van der Waals surface area contributed by atoms with E-state index in [1.807, 2.05) is 6.92 Å². The molecule has 1 aliphatic rings. The van der Waals surface area contributed by atoms with Crippen molar-refractivity contribution in [1.82, 2.24) is 0 Å². The summed E-state index contributed by atoms with van der Waals surface area (Å²) in [6.45, 7) is 1.76. The summed E-state index contributed by atoms with van der Waals surface area (Å²) in [5.74, 6) is 0.120. The molecule has 108 valence electrons. The second kappa shape index (κ2) is 9.07. The van der Waals surface area contributed by atoms with Crippen molar-refractivity contribution in [1.29, 1.82) is 0 Å². The Balaban J connectivity index is 2.62. The van der Waals surface area contributed by atoms with Gasteiger partial charge in [-0.15, -0.1) is 0 Å². The molecule has 5 nitrogen and oxygen atoms in total. The van der Waals surface area contributed by atoms with Crippen LogP contribution in [0.3, 0.4) is 0 Å². The van der Waals surface area contributed by atoms with Gasteiger partial charge in [-0.1, -0.05) is 33.7 Å². The van der Waals surface area contributed by atoms with Gasteiger partial charge in [-0.3, -0.25) is 0 Å². The molecular weight excluding hydrogens is 331 g/mol. The van der Waals surface area contributed by atoms with Gasteiger partial charge in [0.15, 0.2) is 6.29 Å². The van der Waals surface area contributed by atoms with Gasteiger partial charge in [-0.2, -0.15) is 0 Å². The minimum Gasteiger partial charge on any atom is -0.394 e. The second-order valence-corrected chi connectivity index (χ2v) is 11.1. The molecule has 0 aromatic heterocycles. The van der Waals surface area contributed by atoms with Crippen LogP contribution < -0.4 is 0 Å². The van der Waals surface area contributed by atoms with E-state index in [2.05, 4.69) is 26.8 Å². The van der Waals surface area contributed by atoms with Crippen molar-refractivity contribution < 1.29 is 24.0 Å². The van der Waals surface area contributed by atoms with Crippen molar-refractivity contribution in [2.24, 2.45) is 5.92 Å². The average molecular weight is 352 g/mol. The fraction of sp³-hybridized carbons (Fsp3) is 1.00. The highest BCUT2D eigenvalue weighted by atomic mass is 32.4. The van der Waals surface area contributed by atoms with E-state index in [1.165, 1.54) is 0 Å². The highest BCUT2D eigenvalue weighted by Gasteiger charge is 2.44. The van der Waals surface area contributed by atoms with Crippen molar-refractivity contribution in [2.75, 3.05) is 6.61 Å². The quantitative estimate of drug-likeness (QED) is 0.685. The van der Waals surface area contributed by atoms with Crippen molar-refractivity contribution in [3.05, 3.63) is 0 Å². The van der Waals surface area contributed by atoms with Crippen molar-refractivity contribution in [3.63, 3.8) is 0 Å². The van der Waals surface area contributed by atoms with Crippen LogP contribution in [-0.4, -0.2) is 41.4 Å². The van der Waals surface area contributed by atoms with E-state index in [1.54, 1.807) is 0 Å². The molecule has 0 amide bonds. The third-order valence-electron chi connectivity index (χ3n) is 2.83. The Labute approximate surface area is 117 Å². The summed E-state index contributed by atoms with van der Waals surface area (Å²) in [6.07, 6.45) is -1.08. The third-order valence-corrected chi connectivity index (χ3v) is 4.82. The molecule has 1 saturated heterocycles. The summed E-state index contributed by atoms with van der Waals surface area (Å²) in [7, 11) is 7.30. The Morgan fingerprint density at radius 3 is 2.67 bits per heavy atom. The fourth-order valence-corrected chi connectivity index (χ4v) is 3.98. The minimum absolute atomic E-state index is 0.120. The molecule has 0 aromatic rings. The molecule has 9 atom stereocenters. The normalized spacial score (nSPS) is 34.8. The zero-order chi connectivity index (χ0) is 13.7. The first-order valence-corrected chi connectivity index (χ1v) is 12.7. The molecule has 10 heteroatoms. The van der Waals surface area contributed by atoms with Gasteiger partial charge in [0, 0.05) is 20.8 Å². The van der Waals surface area contributed by atoms with Crippen LogP contribution in [0.4, 0.5) is 0 Å². The molecule has 1 aliphatic heterocycles. The molecule has 0 radical (unpaired) electrons. The summed E-state index contributed by atoms with van der Waals surface area (Å²) >= 11 is 0. The topological polar surface area (TPSA) is 68.2 Å². The summed E-state index contributed by atoms with van der Waals surface area (Å²) in [6, 6.07) is 0. The Morgan fingerprint density at radius 2 is 2.17 bits per heavy atom. The lowest BCUT2D eigenvalue weighted by atomic mass is 9.97. The molecule has 18 heavy (non-hydrogen) atoms. The van der Waals surface area contributed by atoms with E-state index in [4.69, 9.17) is 18.9 Å². The van der Waals surface area contributed by atoms with Crippen LogP contribution in [0, 0.1) is 5.92 Å². The maximum absolute atomic E-state index is 9.50. The number of ether oxygens (including phenoxy) is 1. The highest BCUT2D eigenvalue weighted by molar-refractivity contribution is 8.41. The van der Waals surface area contributed by atoms with Gasteiger partial charge in [-0.05, 0) is 0 Å². The molecule has 1 rings (SSSR count). The van der Waals surface area contributed by atoms with Crippen LogP contribution in [0.2, 0.25) is 0 Å². The first-order chi connectivity index (χ1) is 8.49. The van der Waals surface area contributed by atoms with Gasteiger partial charge < -0.3 is 24.0 Å². The molecule has 1 fully saturated rings. The lowest BCUT2D eigenvalue weighted by molar-refractivity contribution is -0.103. The van der Waals surface area contributed by atoms with Gasteiger partial charge in [0.1, 0.15) is 6.10 Å². The Hall–Kier alpha value is 1.95. The number of hydrogen-bond donors (Lipinski definition) is 2. The first kappa shape index (κ1) is 18.0. The number of aliphatic hydroxyl groups excluding tert-OH is 2. The van der Waals surface area contributed by atoms with Gasteiger partial charge in [-0.25, -0.2) is 0 Å². The number of rotatable bonds is 7. The van der Waals surface area contributed by atoms with Gasteiger partial charge in [0.2, 0.25) is 0 Å². The predicted octanol–water partition coefficient (Wildman–Crippen LogP) is 1.85. The smallest absolute Gasteiger partial charge is 0.189 e. The fourth-order valence-electron chi connectivity index (χ4n) is 1.89. The zero-order valence-corrected chi connectivity index (χ0v) is 15.5. The average Bonchev–Trinajstić information content (AvgIpc) is 2.57. The Morgan fingerprint density at radius 1 is 1.50 bits per heavy atom. The third kappa shape index (κ3) is 5.38. The van der Waals surface area contributed by atoms with Crippen molar-refractivity contribution >= 4 is 42.8 Å². The Kier molecular flexibility index (Phi) is 9.07. The highest BCUT2D eigenvalue weighted by Crippen LogP contribution is 2.56. The summed E-state index contributed by atoms with van der Waals surface area (Å²) < 4.78 is 17.1. The monoisotopic (exact) mass is 352 g/mol. The van der Waals surface area contributed by atoms with Gasteiger partial charge in [0.25, 0.3) is 0 Å². The van der Waals surface area contributed by atoms with E-state index < -0.39 is 19.9 Å². The maximum Gasteiger partial charge on any atom is 0.189 e. The number of aliphatic hydroxyl groups is 2. The molecule has 0 aliphatic carbocycles. The van der Waals surface area contributed by atoms with E-state index in [0.717, 1.165) is 0 Å². The van der Waals surface area contributed by atoms with E-state index >= 15 is 0 Å². The molecule has 0 aromatic carbocycles. The van der Waals surface area contributed by atoms with E-state index in [0.29, 0.717) is 6.42 Å². The molecule has 0 spiro atoms. The molecule has 1 heterocycles. The standard InChI is InChI=1S/C8H21O5P5/c1-4-6(2-5(10)3-9)11-8(13-18(15)16)7(4)12-17-14/h4-10,17H,2-3,14-16H2,1H3/t4-,5-,6+,7+,8+/m0/s1. The largest absolute Gasteiger partial charge is 0.394 e. The second-order valence-electron chi connectivity index (χ2n) is 4.14. The van der Waals surface area contributed by atoms with Crippen molar-refractivity contribution in [2.45, 2.75) is 37.9 Å². The molecule has 4 unspecified atom stereocenters. The zero-order valence-electron chi connectivity index (χ0n) is 10.1. The summed E-state index contributed by atoms with van der Waals surface area (Å²) in [5.41, 5.74) is 0. The minimum atomic E-state index is -0.760. The van der Waals surface area contributed by atoms with Crippen molar-refractivity contribution in [3.8, 4) is 0 Å². The van der Waals surface area contributed by atoms with Gasteiger partial charge in [0.05, 0.1) is 26.3 Å². The van der Waals surface area contributed by atoms with Crippen LogP contribution in [0.5, 0.6) is 0 Å². The molecular formula is C8H21O5P5. The van der Waals surface area contributed by atoms with Crippen LogP contribution in [0.1, 0.15) is 13.3 Å². The molecule has 0 bridgehead atoms. The summed E-state index contributed by atoms with van der Waals surface area (Å²) in [5, 5.41) is 18.4. The molecule has 2 N–H and O–H groups in total. The van der Waals surface area contributed by atoms with Crippen LogP contribution in [0.15, 0.2) is 0 Å². The van der Waals surface area contributed by atoms with Crippen LogP contribution in [-0.2, 0) is 13.8 Å². The SMILES string of the molecule is C[C@@H]1[C@@H](OPP)[C@@H](OP(P)P)O[C@@H]1C[C@H](O)CO. The van der Waals surface area contributed by atoms with E-state index in [9.17, 15) is 5.11 Å². The maximum atomic E-state index is 9.50. The van der Waals surface area contributed by atoms with Crippen LogP contribution in [0.25, 0.3) is 0 Å². The summed E-state index contributed by atoms with van der Waals surface area (Å²) in [4.78, 5) is 0. The lowest BCUT2D eigenvalue weighted by Crippen LogP contribution is -2.28. The predicted molar refractivity (Wildman–Crippen MR) is 85.9 cm³/mol. The number of hydrogen-bond acceptors (Lipinski definition) is 5. The molecule has 0 saturated carbocycles. The Bertz CT molecular complexity index is 246. The van der Waals surface area contributed by atoms with Gasteiger partial charge >= 0.3 is 0 Å². The van der Waals surface area contributed by atoms with Crippen LogP contribution >= 0.6 is 42.8 Å². The van der Waals surface area contributed by atoms with E-state index in [-0.39, 0.29) is 33.2 Å².